The molecular weight excluding hydrogens is 188 g/mol. The van der Waals surface area contributed by atoms with Crippen molar-refractivity contribution in [2.24, 2.45) is 0 Å². The van der Waals surface area contributed by atoms with Crippen LogP contribution in [-0.4, -0.2) is 12.8 Å². The van der Waals surface area contributed by atoms with Crippen LogP contribution in [0.2, 0.25) is 0 Å². The van der Waals surface area contributed by atoms with Crippen molar-refractivity contribution in [1.29, 1.82) is 5.26 Å². The highest BCUT2D eigenvalue weighted by Gasteiger charge is 1.88. The van der Waals surface area contributed by atoms with Gasteiger partial charge in [0.1, 0.15) is 6.29 Å². The molecule has 0 bridgehead atoms. The number of nitriles is 1. The molecule has 1 N–H and O–H groups in total. The lowest BCUT2D eigenvalue weighted by Crippen LogP contribution is -2.13. The molecule has 1 aromatic carbocycles. The van der Waals surface area contributed by atoms with Crippen molar-refractivity contribution >= 4 is 6.29 Å². The minimum absolute atomic E-state index is 0.576. The highest BCUT2D eigenvalue weighted by molar-refractivity contribution is 5.44. The SMILES string of the molecule is CC=O.N#CCCNCc1ccccc1. The van der Waals surface area contributed by atoms with Gasteiger partial charge in [-0.25, -0.2) is 0 Å². The predicted octanol–water partition coefficient (Wildman–Crippen LogP) is 1.90. The number of nitrogens with zero attached hydrogens (tertiary/aromatic N) is 1. The van der Waals surface area contributed by atoms with Crippen molar-refractivity contribution in [2.75, 3.05) is 6.54 Å². The Labute approximate surface area is 90.7 Å². The monoisotopic (exact) mass is 204 g/mol. The van der Waals surface area contributed by atoms with Gasteiger partial charge < -0.3 is 10.1 Å². The van der Waals surface area contributed by atoms with E-state index in [1.165, 1.54) is 12.5 Å². The first-order chi connectivity index (χ1) is 7.35. The average Bonchev–Trinajstić information content (AvgIpc) is 2.27. The van der Waals surface area contributed by atoms with Crippen LogP contribution < -0.4 is 5.32 Å². The van der Waals surface area contributed by atoms with Gasteiger partial charge in [0.2, 0.25) is 0 Å². The van der Waals surface area contributed by atoms with Gasteiger partial charge in [-0.05, 0) is 12.5 Å². The highest BCUT2D eigenvalue weighted by atomic mass is 16.1. The summed E-state index contributed by atoms with van der Waals surface area (Å²) in [6.45, 7) is 3.06. The Morgan fingerprint density at radius 3 is 2.53 bits per heavy atom. The summed E-state index contributed by atoms with van der Waals surface area (Å²) in [4.78, 5) is 8.81. The van der Waals surface area contributed by atoms with E-state index in [-0.39, 0.29) is 0 Å². The van der Waals surface area contributed by atoms with E-state index in [4.69, 9.17) is 10.1 Å². The van der Waals surface area contributed by atoms with Gasteiger partial charge in [-0.2, -0.15) is 5.26 Å². The zero-order valence-electron chi connectivity index (χ0n) is 8.94. The smallest absolute Gasteiger partial charge is 0.116 e. The zero-order valence-corrected chi connectivity index (χ0v) is 8.94. The lowest BCUT2D eigenvalue weighted by atomic mass is 10.2. The van der Waals surface area contributed by atoms with Gasteiger partial charge in [0, 0.05) is 19.5 Å². The molecule has 1 rings (SSSR count). The molecule has 0 spiro atoms. The topological polar surface area (TPSA) is 52.9 Å². The van der Waals surface area contributed by atoms with Crippen LogP contribution in [0.25, 0.3) is 0 Å². The number of hydrogen-bond donors (Lipinski definition) is 1. The van der Waals surface area contributed by atoms with Crippen LogP contribution in [0.5, 0.6) is 0 Å². The van der Waals surface area contributed by atoms with E-state index in [2.05, 4.69) is 23.5 Å². The number of carbonyl (C=O) groups is 1. The summed E-state index contributed by atoms with van der Waals surface area (Å²) in [7, 11) is 0. The van der Waals surface area contributed by atoms with E-state index in [0.29, 0.717) is 6.42 Å². The molecule has 0 atom stereocenters. The predicted molar refractivity (Wildman–Crippen MR) is 60.1 cm³/mol. The Bertz CT molecular complexity index is 290. The largest absolute Gasteiger partial charge is 0.312 e. The van der Waals surface area contributed by atoms with E-state index in [9.17, 15) is 0 Å². The number of aldehydes is 1. The summed E-state index contributed by atoms with van der Waals surface area (Å²) in [5.74, 6) is 0. The van der Waals surface area contributed by atoms with E-state index < -0.39 is 0 Å². The fourth-order valence-electron chi connectivity index (χ4n) is 0.973. The Hall–Kier alpha value is -1.66. The lowest BCUT2D eigenvalue weighted by Gasteiger charge is -2.00. The standard InChI is InChI=1S/C10H12N2.C2H4O/c11-7-4-8-12-9-10-5-2-1-3-6-10;1-2-3/h1-3,5-6,12H,4,8-9H2;2H,1H3. The summed E-state index contributed by atoms with van der Waals surface area (Å²) >= 11 is 0. The molecule has 0 aliphatic heterocycles. The third-order valence-electron chi connectivity index (χ3n) is 1.59. The Kier molecular flexibility index (Phi) is 9.27. The van der Waals surface area contributed by atoms with Crippen molar-refractivity contribution in [1.82, 2.24) is 5.32 Å². The molecule has 0 aliphatic carbocycles. The molecule has 0 unspecified atom stereocenters. The first kappa shape index (κ1) is 13.3. The maximum absolute atomic E-state index is 8.81. The second-order valence-corrected chi connectivity index (χ2v) is 2.81. The van der Waals surface area contributed by atoms with Crippen molar-refractivity contribution in [2.45, 2.75) is 19.9 Å². The summed E-state index contributed by atoms with van der Waals surface area (Å²) < 4.78 is 0. The van der Waals surface area contributed by atoms with Crippen molar-refractivity contribution in [3.8, 4) is 6.07 Å². The molecule has 3 heteroatoms. The van der Waals surface area contributed by atoms with Crippen LogP contribution >= 0.6 is 0 Å². The molecule has 15 heavy (non-hydrogen) atoms. The minimum Gasteiger partial charge on any atom is -0.312 e. The van der Waals surface area contributed by atoms with Crippen LogP contribution in [0.1, 0.15) is 18.9 Å². The van der Waals surface area contributed by atoms with Gasteiger partial charge in [0.15, 0.2) is 0 Å². The average molecular weight is 204 g/mol. The maximum atomic E-state index is 8.81. The van der Waals surface area contributed by atoms with Crippen LogP contribution in [0.4, 0.5) is 0 Å². The molecule has 0 aliphatic rings. The van der Waals surface area contributed by atoms with E-state index in [1.807, 2.05) is 18.2 Å². The number of nitrogens with one attached hydrogen (secondary N) is 1. The van der Waals surface area contributed by atoms with Crippen molar-refractivity contribution in [3.05, 3.63) is 35.9 Å². The second kappa shape index (κ2) is 10.4. The van der Waals surface area contributed by atoms with Gasteiger partial charge in [0.25, 0.3) is 0 Å². The lowest BCUT2D eigenvalue weighted by molar-refractivity contribution is -0.106. The minimum atomic E-state index is 0.576. The first-order valence-corrected chi connectivity index (χ1v) is 4.86. The molecule has 3 nitrogen and oxygen atoms in total. The molecule has 0 heterocycles. The highest BCUT2D eigenvalue weighted by Crippen LogP contribution is 1.96. The first-order valence-electron chi connectivity index (χ1n) is 4.86. The van der Waals surface area contributed by atoms with Gasteiger partial charge >= 0.3 is 0 Å². The quantitative estimate of drug-likeness (QED) is 0.602. The summed E-state index contributed by atoms with van der Waals surface area (Å²) in [5, 5.41) is 11.5. The van der Waals surface area contributed by atoms with Gasteiger partial charge in [-0.15, -0.1) is 0 Å². The normalized spacial score (nSPS) is 8.27. The van der Waals surface area contributed by atoms with Gasteiger partial charge in [-0.3, -0.25) is 0 Å². The third kappa shape index (κ3) is 8.66. The number of hydrogen-bond acceptors (Lipinski definition) is 3. The Balaban J connectivity index is 0.000000583. The van der Waals surface area contributed by atoms with Crippen LogP contribution in [-0.2, 0) is 11.3 Å². The third-order valence-corrected chi connectivity index (χ3v) is 1.59. The zero-order chi connectivity index (χ0) is 11.4. The fourth-order valence-corrected chi connectivity index (χ4v) is 0.973. The Morgan fingerprint density at radius 2 is 2.00 bits per heavy atom. The van der Waals surface area contributed by atoms with Gasteiger partial charge in [-0.1, -0.05) is 30.3 Å². The second-order valence-electron chi connectivity index (χ2n) is 2.81. The molecule has 0 saturated carbocycles. The molecule has 80 valence electrons. The molecule has 0 aromatic heterocycles. The molecular formula is C12H16N2O. The molecule has 0 fully saturated rings. The van der Waals surface area contributed by atoms with Crippen LogP contribution in [0.3, 0.4) is 0 Å². The van der Waals surface area contributed by atoms with Crippen LogP contribution in [0, 0.1) is 11.3 Å². The molecule has 0 amide bonds. The fraction of sp³-hybridized carbons (Fsp3) is 0.333. The molecule has 1 aromatic rings. The summed E-state index contributed by atoms with van der Waals surface area (Å²) in [6.07, 6.45) is 1.33. The number of rotatable bonds is 4. The maximum Gasteiger partial charge on any atom is 0.116 e. The van der Waals surface area contributed by atoms with Crippen molar-refractivity contribution < 1.29 is 4.79 Å². The van der Waals surface area contributed by atoms with E-state index in [1.54, 1.807) is 0 Å². The number of benzene rings is 1. The Morgan fingerprint density at radius 1 is 1.40 bits per heavy atom. The van der Waals surface area contributed by atoms with Gasteiger partial charge in [0.05, 0.1) is 6.07 Å². The molecule has 0 radical (unpaired) electrons. The molecule has 0 saturated heterocycles. The number of carbonyl (C=O) groups excluding carboxylic acids is 1. The van der Waals surface area contributed by atoms with Crippen molar-refractivity contribution in [3.63, 3.8) is 0 Å². The summed E-state index contributed by atoms with van der Waals surface area (Å²) in [6, 6.07) is 12.3. The van der Waals surface area contributed by atoms with Crippen LogP contribution in [0.15, 0.2) is 30.3 Å². The van der Waals surface area contributed by atoms with E-state index in [0.717, 1.165) is 19.4 Å². The van der Waals surface area contributed by atoms with E-state index >= 15 is 0 Å². The summed E-state index contributed by atoms with van der Waals surface area (Å²) in [5.41, 5.74) is 1.26.